The molecule has 0 atom stereocenters. The summed E-state index contributed by atoms with van der Waals surface area (Å²) in [6.45, 7) is 2.31. The number of ketones is 1. The summed E-state index contributed by atoms with van der Waals surface area (Å²) in [5, 5.41) is 0. The summed E-state index contributed by atoms with van der Waals surface area (Å²) in [6.07, 6.45) is 1.30. The molecule has 6 heteroatoms. The zero-order valence-corrected chi connectivity index (χ0v) is 11.0. The van der Waals surface area contributed by atoms with Crippen LogP contribution in [-0.2, 0) is 6.54 Å². The Bertz CT molecular complexity index is 713. The van der Waals surface area contributed by atoms with Gasteiger partial charge in [0.25, 0.3) is 5.56 Å². The molecule has 1 heterocycles. The number of aromatic amines is 1. The fourth-order valence-electron chi connectivity index (χ4n) is 1.72. The Kier molecular flexibility index (Phi) is 4.14. The van der Waals surface area contributed by atoms with E-state index in [-0.39, 0.29) is 12.3 Å². The van der Waals surface area contributed by atoms with Gasteiger partial charge in [0, 0.05) is 17.8 Å². The lowest BCUT2D eigenvalue weighted by atomic mass is 10.1. The molecule has 0 amide bonds. The van der Waals surface area contributed by atoms with Crippen molar-refractivity contribution in [3.8, 4) is 5.75 Å². The van der Waals surface area contributed by atoms with Gasteiger partial charge in [0.1, 0.15) is 5.75 Å². The molecule has 0 fully saturated rings. The molecule has 0 aliphatic heterocycles. The number of hydrogen-bond donors (Lipinski definition) is 1. The Morgan fingerprint density at radius 3 is 2.50 bits per heavy atom. The van der Waals surface area contributed by atoms with E-state index in [1.807, 2.05) is 6.92 Å². The van der Waals surface area contributed by atoms with Gasteiger partial charge in [-0.05, 0) is 31.2 Å². The molecule has 0 radical (unpaired) electrons. The van der Waals surface area contributed by atoms with Gasteiger partial charge in [-0.3, -0.25) is 19.1 Å². The molecule has 104 valence electrons. The minimum absolute atomic E-state index is 0.121. The Balaban J connectivity index is 2.15. The van der Waals surface area contributed by atoms with Crippen molar-refractivity contribution in [3.63, 3.8) is 0 Å². The van der Waals surface area contributed by atoms with Crippen LogP contribution in [0.2, 0.25) is 0 Å². The van der Waals surface area contributed by atoms with Crippen molar-refractivity contribution in [1.82, 2.24) is 9.55 Å². The van der Waals surface area contributed by atoms with Crippen LogP contribution in [-0.4, -0.2) is 21.9 Å². The molecule has 0 aliphatic rings. The van der Waals surface area contributed by atoms with Crippen molar-refractivity contribution >= 4 is 5.78 Å². The number of H-pyrrole nitrogens is 1. The summed E-state index contributed by atoms with van der Waals surface area (Å²) in [6, 6.07) is 7.89. The van der Waals surface area contributed by atoms with E-state index >= 15 is 0 Å². The number of rotatable bonds is 5. The number of Topliss-reactive ketones (excluding diaryl/α,β-unsaturated/α-hetero) is 1. The number of carbonyl (C=O) groups is 1. The molecular formula is C14H14N2O4. The van der Waals surface area contributed by atoms with Crippen molar-refractivity contribution in [2.75, 3.05) is 6.61 Å². The number of carbonyl (C=O) groups excluding carboxylic acids is 1. The predicted octanol–water partition coefficient (Wildman–Crippen LogP) is 0.818. The van der Waals surface area contributed by atoms with Crippen LogP contribution >= 0.6 is 0 Å². The fraction of sp³-hybridized carbons (Fsp3) is 0.214. The van der Waals surface area contributed by atoms with E-state index in [9.17, 15) is 14.4 Å². The van der Waals surface area contributed by atoms with E-state index in [1.54, 1.807) is 24.3 Å². The predicted molar refractivity (Wildman–Crippen MR) is 73.3 cm³/mol. The molecule has 1 N–H and O–H groups in total. The first-order valence-electron chi connectivity index (χ1n) is 6.16. The summed E-state index contributed by atoms with van der Waals surface area (Å²) in [7, 11) is 0. The zero-order chi connectivity index (χ0) is 14.5. The molecular weight excluding hydrogens is 260 g/mol. The standard InChI is InChI=1S/C14H14N2O4/c1-2-20-11-5-3-10(4-6-11)12(17)9-16-8-7-13(18)15-14(16)19/h3-8H,2,9H2,1H3,(H,15,18,19). The Morgan fingerprint density at radius 1 is 1.20 bits per heavy atom. The second-order valence-electron chi connectivity index (χ2n) is 4.12. The van der Waals surface area contributed by atoms with Gasteiger partial charge in [0.15, 0.2) is 5.78 Å². The lowest BCUT2D eigenvalue weighted by Gasteiger charge is -2.06. The summed E-state index contributed by atoms with van der Waals surface area (Å²) in [5.74, 6) is 0.465. The first-order valence-corrected chi connectivity index (χ1v) is 6.16. The fourth-order valence-corrected chi connectivity index (χ4v) is 1.72. The molecule has 1 aromatic heterocycles. The molecule has 0 spiro atoms. The van der Waals surface area contributed by atoms with Crippen LogP contribution in [0.15, 0.2) is 46.1 Å². The lowest BCUT2D eigenvalue weighted by Crippen LogP contribution is -2.30. The van der Waals surface area contributed by atoms with Crippen molar-refractivity contribution in [1.29, 1.82) is 0 Å². The van der Waals surface area contributed by atoms with Crippen LogP contribution in [0.4, 0.5) is 0 Å². The Morgan fingerprint density at radius 2 is 1.90 bits per heavy atom. The van der Waals surface area contributed by atoms with Gasteiger partial charge in [-0.1, -0.05) is 0 Å². The molecule has 6 nitrogen and oxygen atoms in total. The molecule has 0 aliphatic carbocycles. The molecule has 0 unspecified atom stereocenters. The van der Waals surface area contributed by atoms with Gasteiger partial charge in [-0.2, -0.15) is 0 Å². The van der Waals surface area contributed by atoms with Crippen LogP contribution in [0.3, 0.4) is 0 Å². The molecule has 1 aromatic carbocycles. The van der Waals surface area contributed by atoms with Gasteiger partial charge in [-0.25, -0.2) is 4.79 Å². The van der Waals surface area contributed by atoms with E-state index in [4.69, 9.17) is 4.74 Å². The van der Waals surface area contributed by atoms with Gasteiger partial charge in [0.2, 0.25) is 0 Å². The lowest BCUT2D eigenvalue weighted by molar-refractivity contribution is 0.0970. The van der Waals surface area contributed by atoms with Crippen LogP contribution in [0.25, 0.3) is 0 Å². The minimum atomic E-state index is -0.600. The third-order valence-corrected chi connectivity index (χ3v) is 2.70. The summed E-state index contributed by atoms with van der Waals surface area (Å²) in [5.41, 5.74) is -0.608. The summed E-state index contributed by atoms with van der Waals surface area (Å²) < 4.78 is 6.44. The van der Waals surface area contributed by atoms with E-state index in [0.29, 0.717) is 17.9 Å². The molecule has 20 heavy (non-hydrogen) atoms. The second kappa shape index (κ2) is 6.01. The van der Waals surface area contributed by atoms with Crippen LogP contribution < -0.4 is 16.0 Å². The molecule has 2 rings (SSSR count). The highest BCUT2D eigenvalue weighted by atomic mass is 16.5. The van der Waals surface area contributed by atoms with Gasteiger partial charge in [0.05, 0.1) is 13.2 Å². The number of ether oxygens (including phenoxy) is 1. The monoisotopic (exact) mass is 274 g/mol. The summed E-state index contributed by atoms with van der Waals surface area (Å²) >= 11 is 0. The highest BCUT2D eigenvalue weighted by molar-refractivity contribution is 5.95. The van der Waals surface area contributed by atoms with Crippen LogP contribution in [0.1, 0.15) is 17.3 Å². The second-order valence-corrected chi connectivity index (χ2v) is 4.12. The minimum Gasteiger partial charge on any atom is -0.494 e. The van der Waals surface area contributed by atoms with Crippen molar-refractivity contribution in [3.05, 3.63) is 62.9 Å². The summed E-state index contributed by atoms with van der Waals surface area (Å²) in [4.78, 5) is 36.5. The Hall–Kier alpha value is -2.63. The van der Waals surface area contributed by atoms with Crippen LogP contribution in [0.5, 0.6) is 5.75 Å². The first kappa shape index (κ1) is 13.8. The molecule has 0 saturated carbocycles. The smallest absolute Gasteiger partial charge is 0.328 e. The van der Waals surface area contributed by atoms with Gasteiger partial charge in [-0.15, -0.1) is 0 Å². The number of nitrogens with one attached hydrogen (secondary N) is 1. The SMILES string of the molecule is CCOc1ccc(C(=O)Cn2ccc(=O)[nH]c2=O)cc1. The average molecular weight is 274 g/mol. The van der Waals surface area contributed by atoms with Crippen molar-refractivity contribution in [2.24, 2.45) is 0 Å². The Labute approximate surface area is 114 Å². The largest absolute Gasteiger partial charge is 0.494 e. The highest BCUT2D eigenvalue weighted by Gasteiger charge is 2.08. The van der Waals surface area contributed by atoms with Gasteiger partial charge >= 0.3 is 5.69 Å². The van der Waals surface area contributed by atoms with E-state index in [1.165, 1.54) is 12.3 Å². The normalized spacial score (nSPS) is 10.2. The van der Waals surface area contributed by atoms with E-state index in [2.05, 4.69) is 4.98 Å². The van der Waals surface area contributed by atoms with E-state index < -0.39 is 11.2 Å². The van der Waals surface area contributed by atoms with Crippen molar-refractivity contribution in [2.45, 2.75) is 13.5 Å². The van der Waals surface area contributed by atoms with Crippen molar-refractivity contribution < 1.29 is 9.53 Å². The van der Waals surface area contributed by atoms with E-state index in [0.717, 1.165) is 4.57 Å². The quantitative estimate of drug-likeness (QED) is 0.818. The van der Waals surface area contributed by atoms with Gasteiger partial charge < -0.3 is 4.74 Å². The maximum atomic E-state index is 12.0. The first-order chi connectivity index (χ1) is 9.60. The number of hydrogen-bond acceptors (Lipinski definition) is 4. The third kappa shape index (κ3) is 3.23. The molecule has 0 saturated heterocycles. The molecule has 0 bridgehead atoms. The number of aromatic nitrogens is 2. The zero-order valence-electron chi connectivity index (χ0n) is 11.0. The molecule has 2 aromatic rings. The van der Waals surface area contributed by atoms with Crippen LogP contribution in [0, 0.1) is 0 Å². The maximum absolute atomic E-state index is 12.0. The maximum Gasteiger partial charge on any atom is 0.328 e. The third-order valence-electron chi connectivity index (χ3n) is 2.70. The topological polar surface area (TPSA) is 81.2 Å². The highest BCUT2D eigenvalue weighted by Crippen LogP contribution is 2.12. The number of benzene rings is 1. The average Bonchev–Trinajstić information content (AvgIpc) is 2.43. The number of nitrogens with zero attached hydrogens (tertiary/aromatic N) is 1.